The minimum Gasteiger partial charge on any atom is -0.497 e. The highest BCUT2D eigenvalue weighted by Gasteiger charge is 2.01. The monoisotopic (exact) mass is 304 g/mol. The Balaban J connectivity index is 1.73. The van der Waals surface area contributed by atoms with E-state index in [0.29, 0.717) is 6.61 Å². The van der Waals surface area contributed by atoms with Crippen LogP contribution in [0.3, 0.4) is 0 Å². The van der Waals surface area contributed by atoms with Crippen molar-refractivity contribution in [1.29, 1.82) is 0 Å². The lowest BCUT2D eigenvalue weighted by Crippen LogP contribution is -2.00. The Morgan fingerprint density at radius 1 is 1.00 bits per heavy atom. The van der Waals surface area contributed by atoms with Gasteiger partial charge in [-0.1, -0.05) is 12.1 Å². The molecule has 0 radical (unpaired) electrons. The zero-order chi connectivity index (χ0) is 15.1. The first-order valence-electron chi connectivity index (χ1n) is 6.86. The van der Waals surface area contributed by atoms with E-state index < -0.39 is 6.10 Å². The lowest BCUT2D eigenvalue weighted by molar-refractivity contribution is 0.199. The first-order valence-corrected chi connectivity index (χ1v) is 7.85. The molecular formula is C17H20O3S. The predicted octanol–water partition coefficient (Wildman–Crippen LogP) is 3.92. The molecule has 0 heterocycles. The molecule has 2 rings (SSSR count). The molecule has 21 heavy (non-hydrogen) atoms. The van der Waals surface area contributed by atoms with Crippen LogP contribution in [0.4, 0.5) is 0 Å². The fraction of sp³-hybridized carbons (Fsp3) is 0.294. The van der Waals surface area contributed by atoms with Crippen molar-refractivity contribution in [2.24, 2.45) is 0 Å². The Labute approximate surface area is 129 Å². The molecule has 0 fully saturated rings. The molecule has 4 heteroatoms. The van der Waals surface area contributed by atoms with Crippen molar-refractivity contribution in [3.05, 3.63) is 54.1 Å². The molecule has 0 bridgehead atoms. The molecule has 0 amide bonds. The summed E-state index contributed by atoms with van der Waals surface area (Å²) in [6.07, 6.45) is -0.414. The van der Waals surface area contributed by atoms with Crippen LogP contribution in [-0.2, 0) is 0 Å². The molecule has 0 saturated heterocycles. The van der Waals surface area contributed by atoms with Gasteiger partial charge in [-0.15, -0.1) is 11.8 Å². The van der Waals surface area contributed by atoms with E-state index in [0.717, 1.165) is 22.8 Å². The molecule has 112 valence electrons. The quantitative estimate of drug-likeness (QED) is 0.621. The van der Waals surface area contributed by atoms with E-state index in [-0.39, 0.29) is 0 Å². The van der Waals surface area contributed by atoms with Crippen LogP contribution in [-0.4, -0.2) is 24.6 Å². The molecule has 0 aliphatic carbocycles. The molecule has 2 aromatic carbocycles. The maximum Gasteiger partial charge on any atom is 0.119 e. The topological polar surface area (TPSA) is 38.7 Å². The van der Waals surface area contributed by atoms with Gasteiger partial charge in [-0.2, -0.15) is 0 Å². The van der Waals surface area contributed by atoms with Gasteiger partial charge in [0.15, 0.2) is 0 Å². The van der Waals surface area contributed by atoms with Crippen molar-refractivity contribution in [2.75, 3.05) is 19.5 Å². The molecule has 3 nitrogen and oxygen atoms in total. The number of rotatable bonds is 7. The number of thioether (sulfide) groups is 1. The molecule has 0 saturated carbocycles. The number of benzene rings is 2. The standard InChI is InChI=1S/C17H20O3S/c1-13(18)14-3-9-17(10-4-14)21-12-11-20-16-7-5-15(19-2)6-8-16/h3-10,13,18H,11-12H2,1-2H3. The van der Waals surface area contributed by atoms with Crippen LogP contribution in [0.1, 0.15) is 18.6 Å². The van der Waals surface area contributed by atoms with Gasteiger partial charge in [0.05, 0.1) is 19.8 Å². The van der Waals surface area contributed by atoms with Crippen LogP contribution in [0, 0.1) is 0 Å². The lowest BCUT2D eigenvalue weighted by Gasteiger charge is -2.08. The normalized spacial score (nSPS) is 12.0. The summed E-state index contributed by atoms with van der Waals surface area (Å²) in [4.78, 5) is 1.18. The van der Waals surface area contributed by atoms with Crippen LogP contribution in [0.2, 0.25) is 0 Å². The first-order chi connectivity index (χ1) is 10.2. The minimum absolute atomic E-state index is 0.414. The van der Waals surface area contributed by atoms with E-state index in [1.54, 1.807) is 25.8 Å². The van der Waals surface area contributed by atoms with Crippen LogP contribution in [0.5, 0.6) is 11.5 Å². The summed E-state index contributed by atoms with van der Waals surface area (Å²) >= 11 is 1.74. The first kappa shape index (κ1) is 15.7. The van der Waals surface area contributed by atoms with E-state index in [9.17, 15) is 5.11 Å². The summed E-state index contributed by atoms with van der Waals surface area (Å²) < 4.78 is 10.8. The van der Waals surface area contributed by atoms with E-state index in [1.807, 2.05) is 48.5 Å². The van der Waals surface area contributed by atoms with E-state index in [2.05, 4.69) is 0 Å². The number of methoxy groups -OCH3 is 1. The highest BCUT2D eigenvalue weighted by molar-refractivity contribution is 7.99. The number of aliphatic hydroxyl groups is 1. The van der Waals surface area contributed by atoms with Gasteiger partial charge in [0.2, 0.25) is 0 Å². The molecule has 0 aliphatic heterocycles. The van der Waals surface area contributed by atoms with Crippen molar-refractivity contribution >= 4 is 11.8 Å². The molecule has 0 spiro atoms. The van der Waals surface area contributed by atoms with Gasteiger partial charge < -0.3 is 14.6 Å². The van der Waals surface area contributed by atoms with E-state index in [4.69, 9.17) is 9.47 Å². The Morgan fingerprint density at radius 3 is 2.19 bits per heavy atom. The second-order valence-corrected chi connectivity index (χ2v) is 5.79. The van der Waals surface area contributed by atoms with Gasteiger partial charge in [-0.05, 0) is 48.9 Å². The third-order valence-electron chi connectivity index (χ3n) is 3.04. The lowest BCUT2D eigenvalue weighted by atomic mass is 10.1. The molecular weight excluding hydrogens is 284 g/mol. The maximum absolute atomic E-state index is 9.46. The summed E-state index contributed by atoms with van der Waals surface area (Å²) in [5.74, 6) is 2.55. The predicted molar refractivity (Wildman–Crippen MR) is 86.3 cm³/mol. The van der Waals surface area contributed by atoms with Gasteiger partial charge in [-0.25, -0.2) is 0 Å². The third kappa shape index (κ3) is 4.99. The van der Waals surface area contributed by atoms with Crippen LogP contribution in [0.25, 0.3) is 0 Å². The van der Waals surface area contributed by atoms with Gasteiger partial charge in [0.25, 0.3) is 0 Å². The van der Waals surface area contributed by atoms with Crippen molar-refractivity contribution in [2.45, 2.75) is 17.9 Å². The minimum atomic E-state index is -0.414. The van der Waals surface area contributed by atoms with Crippen LogP contribution >= 0.6 is 11.8 Å². The number of hydrogen-bond acceptors (Lipinski definition) is 4. The summed E-state index contributed by atoms with van der Waals surface area (Å²) in [6, 6.07) is 15.5. The summed E-state index contributed by atoms with van der Waals surface area (Å²) in [6.45, 7) is 2.42. The molecule has 0 aliphatic rings. The average Bonchev–Trinajstić information content (AvgIpc) is 2.52. The summed E-state index contributed by atoms with van der Waals surface area (Å²) in [7, 11) is 1.65. The van der Waals surface area contributed by atoms with Gasteiger partial charge in [0.1, 0.15) is 11.5 Å². The van der Waals surface area contributed by atoms with Crippen LogP contribution in [0.15, 0.2) is 53.4 Å². The second-order valence-electron chi connectivity index (χ2n) is 4.62. The zero-order valence-electron chi connectivity index (χ0n) is 12.3. The fourth-order valence-electron chi connectivity index (χ4n) is 1.83. The number of ether oxygens (including phenoxy) is 2. The summed E-state index contributed by atoms with van der Waals surface area (Å²) in [5.41, 5.74) is 0.939. The molecule has 1 unspecified atom stereocenters. The zero-order valence-corrected chi connectivity index (χ0v) is 13.1. The SMILES string of the molecule is COc1ccc(OCCSc2ccc(C(C)O)cc2)cc1. The Kier molecular flexibility index (Phi) is 5.96. The number of hydrogen-bond donors (Lipinski definition) is 1. The molecule has 1 N–H and O–H groups in total. The fourth-order valence-corrected chi connectivity index (χ4v) is 2.56. The second kappa shape index (κ2) is 7.96. The Hall–Kier alpha value is -1.65. The molecule has 1 atom stereocenters. The van der Waals surface area contributed by atoms with Crippen molar-refractivity contribution in [3.63, 3.8) is 0 Å². The smallest absolute Gasteiger partial charge is 0.119 e. The van der Waals surface area contributed by atoms with Crippen molar-refractivity contribution in [1.82, 2.24) is 0 Å². The molecule has 0 aromatic heterocycles. The summed E-state index contributed by atoms with van der Waals surface area (Å²) in [5, 5.41) is 9.46. The maximum atomic E-state index is 9.46. The third-order valence-corrected chi connectivity index (χ3v) is 4.02. The van der Waals surface area contributed by atoms with Crippen molar-refractivity contribution in [3.8, 4) is 11.5 Å². The Bertz CT molecular complexity index is 535. The van der Waals surface area contributed by atoms with Gasteiger partial charge in [0, 0.05) is 10.6 Å². The van der Waals surface area contributed by atoms with Gasteiger partial charge >= 0.3 is 0 Å². The highest BCUT2D eigenvalue weighted by atomic mass is 32.2. The number of aliphatic hydroxyl groups excluding tert-OH is 1. The Morgan fingerprint density at radius 2 is 1.62 bits per heavy atom. The molecule has 2 aromatic rings. The van der Waals surface area contributed by atoms with E-state index in [1.165, 1.54) is 4.90 Å². The average molecular weight is 304 g/mol. The highest BCUT2D eigenvalue weighted by Crippen LogP contribution is 2.22. The van der Waals surface area contributed by atoms with E-state index >= 15 is 0 Å². The largest absolute Gasteiger partial charge is 0.497 e. The van der Waals surface area contributed by atoms with Gasteiger partial charge in [-0.3, -0.25) is 0 Å². The van der Waals surface area contributed by atoms with Crippen LogP contribution < -0.4 is 9.47 Å². The van der Waals surface area contributed by atoms with Crippen molar-refractivity contribution < 1.29 is 14.6 Å².